The molecule has 2 N–H and O–H groups in total. The molecule has 164 valence electrons. The molecule has 0 aliphatic carbocycles. The smallest absolute Gasteiger partial charge is 0.274 e. The Morgan fingerprint density at radius 3 is 2.59 bits per heavy atom. The van der Waals surface area contributed by atoms with Gasteiger partial charge in [0.2, 0.25) is 0 Å². The number of likely N-dealkylation sites (tertiary alicyclic amines) is 1. The number of imidazole rings is 1. The van der Waals surface area contributed by atoms with E-state index in [0.717, 1.165) is 0 Å². The molecule has 1 amide bonds. The van der Waals surface area contributed by atoms with Crippen LogP contribution in [0, 0.1) is 35.8 Å². The Kier molecular flexibility index (Phi) is 5.63. The van der Waals surface area contributed by atoms with E-state index in [1.807, 2.05) is 0 Å². The van der Waals surface area contributed by atoms with Gasteiger partial charge in [-0.1, -0.05) is 0 Å². The molecule has 4 rings (SSSR count). The lowest BCUT2D eigenvalue weighted by Crippen LogP contribution is -2.52. The van der Waals surface area contributed by atoms with Crippen LogP contribution in [0.25, 0.3) is 17.1 Å². The van der Waals surface area contributed by atoms with Crippen molar-refractivity contribution in [1.29, 1.82) is 5.26 Å². The number of carbonyl (C=O) groups excluding carboxylic acids is 1. The number of halogens is 2. The summed E-state index contributed by atoms with van der Waals surface area (Å²) < 4.78 is 35.4. The van der Waals surface area contributed by atoms with Gasteiger partial charge < -0.3 is 15.4 Å². The first-order chi connectivity index (χ1) is 15.4. The third kappa shape index (κ3) is 3.59. The summed E-state index contributed by atoms with van der Waals surface area (Å²) in [4.78, 5) is 19.2. The zero-order valence-corrected chi connectivity index (χ0v) is 17.6. The molecule has 1 aliphatic rings. The Hall–Kier alpha value is -3.77. The van der Waals surface area contributed by atoms with Crippen molar-refractivity contribution < 1.29 is 18.3 Å². The Labute approximate surface area is 183 Å². The summed E-state index contributed by atoms with van der Waals surface area (Å²) in [7, 11) is 1.37. The molecule has 32 heavy (non-hydrogen) atoms. The largest absolute Gasteiger partial charge is 0.494 e. The van der Waals surface area contributed by atoms with Crippen molar-refractivity contribution in [3.05, 3.63) is 65.0 Å². The molecular formula is C23H21F2N5O2. The maximum absolute atomic E-state index is 14.5. The maximum Gasteiger partial charge on any atom is 0.274 e. The third-order valence-electron chi connectivity index (χ3n) is 5.63. The first kappa shape index (κ1) is 21.5. The number of aromatic nitrogens is 2. The predicted octanol–water partition coefficient (Wildman–Crippen LogP) is 3.04. The third-order valence-corrected chi connectivity index (χ3v) is 5.63. The summed E-state index contributed by atoms with van der Waals surface area (Å²) >= 11 is 0. The van der Waals surface area contributed by atoms with Crippen LogP contribution in [0.4, 0.5) is 8.78 Å². The average molecular weight is 437 g/mol. The van der Waals surface area contributed by atoms with E-state index in [1.165, 1.54) is 31.4 Å². The SMILES string of the molecule is COc1ccc(-n2c(-c3ccc(C#N)c(F)c3)nc(C(=O)N3CC(CN)C3)c2C)cc1F. The quantitative estimate of drug-likeness (QED) is 0.662. The fourth-order valence-corrected chi connectivity index (χ4v) is 3.79. The molecule has 0 radical (unpaired) electrons. The lowest BCUT2D eigenvalue weighted by molar-refractivity contribution is 0.0509. The number of rotatable bonds is 5. The van der Waals surface area contributed by atoms with Crippen molar-refractivity contribution >= 4 is 5.91 Å². The molecule has 2 heterocycles. The number of nitrogens with two attached hydrogens (primary N) is 1. The Morgan fingerprint density at radius 1 is 1.25 bits per heavy atom. The van der Waals surface area contributed by atoms with Crippen molar-refractivity contribution in [3.63, 3.8) is 0 Å². The van der Waals surface area contributed by atoms with Gasteiger partial charge in [-0.15, -0.1) is 0 Å². The second-order valence-electron chi connectivity index (χ2n) is 7.64. The molecule has 0 saturated carbocycles. The number of amides is 1. The van der Waals surface area contributed by atoms with Crippen LogP contribution >= 0.6 is 0 Å². The number of methoxy groups -OCH3 is 1. The molecule has 9 heteroatoms. The number of nitrogens with zero attached hydrogens (tertiary/aromatic N) is 4. The van der Waals surface area contributed by atoms with Crippen LogP contribution < -0.4 is 10.5 Å². The van der Waals surface area contributed by atoms with Gasteiger partial charge >= 0.3 is 0 Å². The first-order valence-electron chi connectivity index (χ1n) is 10.0. The highest BCUT2D eigenvalue weighted by atomic mass is 19.1. The van der Waals surface area contributed by atoms with E-state index in [4.69, 9.17) is 15.7 Å². The summed E-state index contributed by atoms with van der Waals surface area (Å²) in [5.74, 6) is -0.979. The van der Waals surface area contributed by atoms with Crippen molar-refractivity contribution in [2.45, 2.75) is 6.92 Å². The van der Waals surface area contributed by atoms with Crippen molar-refractivity contribution in [2.75, 3.05) is 26.7 Å². The number of carbonyl (C=O) groups is 1. The van der Waals surface area contributed by atoms with E-state index in [-0.39, 0.29) is 34.7 Å². The normalized spacial score (nSPS) is 13.6. The molecule has 0 atom stereocenters. The average Bonchev–Trinajstić information content (AvgIpc) is 3.09. The monoisotopic (exact) mass is 437 g/mol. The minimum atomic E-state index is -0.709. The van der Waals surface area contributed by atoms with Gasteiger partial charge in [0.15, 0.2) is 11.6 Å². The fraction of sp³-hybridized carbons (Fsp3) is 0.261. The van der Waals surface area contributed by atoms with Gasteiger partial charge in [-0.05, 0) is 43.8 Å². The first-order valence-corrected chi connectivity index (χ1v) is 10.0. The second kappa shape index (κ2) is 8.40. The van der Waals surface area contributed by atoms with Gasteiger partial charge in [-0.2, -0.15) is 5.26 Å². The standard InChI is InChI=1S/C23H21F2N5O2/c1-13-21(23(31)29-11-14(9-26)12-29)28-22(15-3-4-16(10-27)18(24)7-15)30(13)17-5-6-20(32-2)19(25)8-17/h3-8,14H,9,11-12,26H2,1-2H3. The van der Waals surface area contributed by atoms with Crippen LogP contribution in [0.1, 0.15) is 21.7 Å². The van der Waals surface area contributed by atoms with Crippen LogP contribution in [-0.4, -0.2) is 47.1 Å². The van der Waals surface area contributed by atoms with Crippen LogP contribution in [0.3, 0.4) is 0 Å². The van der Waals surface area contributed by atoms with Gasteiger partial charge in [-0.3, -0.25) is 9.36 Å². The minimum Gasteiger partial charge on any atom is -0.494 e. The summed E-state index contributed by atoms with van der Waals surface area (Å²) in [6.45, 7) is 3.28. The number of hydrogen-bond donors (Lipinski definition) is 1. The zero-order valence-electron chi connectivity index (χ0n) is 17.6. The van der Waals surface area contributed by atoms with Gasteiger partial charge in [0.1, 0.15) is 23.4 Å². The summed E-state index contributed by atoms with van der Waals surface area (Å²) in [6, 6.07) is 10.2. The molecule has 7 nitrogen and oxygen atoms in total. The molecule has 1 saturated heterocycles. The fourth-order valence-electron chi connectivity index (χ4n) is 3.79. The van der Waals surface area contributed by atoms with Crippen LogP contribution in [0.5, 0.6) is 5.75 Å². The lowest BCUT2D eigenvalue weighted by atomic mass is 10.00. The van der Waals surface area contributed by atoms with Crippen molar-refractivity contribution in [1.82, 2.24) is 14.5 Å². The molecule has 0 bridgehead atoms. The molecule has 0 spiro atoms. The molecule has 2 aromatic carbocycles. The number of ether oxygens (including phenoxy) is 1. The summed E-state index contributed by atoms with van der Waals surface area (Å²) in [6.07, 6.45) is 0. The van der Waals surface area contributed by atoms with Gasteiger partial charge in [-0.25, -0.2) is 13.8 Å². The zero-order chi connectivity index (χ0) is 23.0. The second-order valence-corrected chi connectivity index (χ2v) is 7.64. The maximum atomic E-state index is 14.5. The topological polar surface area (TPSA) is 97.2 Å². The molecular weight excluding hydrogens is 416 g/mol. The van der Waals surface area contributed by atoms with E-state index >= 15 is 0 Å². The number of nitriles is 1. The Balaban J connectivity index is 1.86. The van der Waals surface area contributed by atoms with Crippen LogP contribution in [-0.2, 0) is 0 Å². The minimum absolute atomic E-state index is 0.0715. The Morgan fingerprint density at radius 2 is 2.00 bits per heavy atom. The molecule has 1 fully saturated rings. The van der Waals surface area contributed by atoms with E-state index in [1.54, 1.807) is 34.6 Å². The molecule has 1 aliphatic heterocycles. The summed E-state index contributed by atoms with van der Waals surface area (Å²) in [5, 5.41) is 9.03. The van der Waals surface area contributed by atoms with Gasteiger partial charge in [0.25, 0.3) is 5.91 Å². The predicted molar refractivity (Wildman–Crippen MR) is 113 cm³/mol. The number of hydrogen-bond acceptors (Lipinski definition) is 5. The van der Waals surface area contributed by atoms with E-state index in [9.17, 15) is 13.6 Å². The van der Waals surface area contributed by atoms with E-state index < -0.39 is 11.6 Å². The molecule has 3 aromatic rings. The van der Waals surface area contributed by atoms with Crippen molar-refractivity contribution in [3.8, 4) is 28.9 Å². The highest BCUT2D eigenvalue weighted by Gasteiger charge is 2.33. The highest BCUT2D eigenvalue weighted by Crippen LogP contribution is 2.31. The summed E-state index contributed by atoms with van der Waals surface area (Å²) in [5.41, 5.74) is 6.97. The van der Waals surface area contributed by atoms with Gasteiger partial charge in [0.05, 0.1) is 24.1 Å². The molecule has 0 unspecified atom stereocenters. The van der Waals surface area contributed by atoms with E-state index in [2.05, 4.69) is 4.98 Å². The highest BCUT2D eigenvalue weighted by molar-refractivity contribution is 5.95. The van der Waals surface area contributed by atoms with Crippen LogP contribution in [0.2, 0.25) is 0 Å². The molecule has 1 aromatic heterocycles. The van der Waals surface area contributed by atoms with Gasteiger partial charge in [0, 0.05) is 30.6 Å². The lowest BCUT2D eigenvalue weighted by Gasteiger charge is -2.38. The van der Waals surface area contributed by atoms with Crippen LogP contribution in [0.15, 0.2) is 36.4 Å². The van der Waals surface area contributed by atoms with Crippen molar-refractivity contribution in [2.24, 2.45) is 11.7 Å². The number of benzene rings is 2. The Bertz CT molecular complexity index is 1240. The van der Waals surface area contributed by atoms with E-state index in [0.29, 0.717) is 36.6 Å².